The molecule has 0 saturated heterocycles. The van der Waals surface area contributed by atoms with Gasteiger partial charge in [0, 0.05) is 6.04 Å². The first-order valence-corrected chi connectivity index (χ1v) is 4.58. The van der Waals surface area contributed by atoms with Crippen molar-refractivity contribution in [3.8, 4) is 0 Å². The average Bonchev–Trinajstić information content (AvgIpc) is 1.81. The first kappa shape index (κ1) is 9.96. The van der Waals surface area contributed by atoms with Gasteiger partial charge in [-0.2, -0.15) is 0 Å². The van der Waals surface area contributed by atoms with Crippen molar-refractivity contribution in [2.24, 2.45) is 0 Å². The van der Waals surface area contributed by atoms with Crippen molar-refractivity contribution < 1.29 is 0 Å². The molecule has 0 aliphatic heterocycles. The zero-order valence-electron chi connectivity index (χ0n) is 7.61. The van der Waals surface area contributed by atoms with Crippen molar-refractivity contribution in [3.63, 3.8) is 0 Å². The van der Waals surface area contributed by atoms with Crippen molar-refractivity contribution in [3.05, 3.63) is 0 Å². The van der Waals surface area contributed by atoms with Crippen LogP contribution in [0.2, 0.25) is 0 Å². The van der Waals surface area contributed by atoms with Crippen LogP contribution in [0.15, 0.2) is 0 Å². The fourth-order valence-corrected chi connectivity index (χ4v) is 0.901. The number of hydrogen-bond donors (Lipinski definition) is 1. The molecule has 10 heavy (non-hydrogen) atoms. The van der Waals surface area contributed by atoms with E-state index in [1.165, 1.54) is 25.7 Å². The Kier molecular flexibility index (Phi) is 7.04. The molecule has 62 valence electrons. The summed E-state index contributed by atoms with van der Waals surface area (Å²) in [5.41, 5.74) is 0. The summed E-state index contributed by atoms with van der Waals surface area (Å²) < 4.78 is 0. The molecule has 0 bridgehead atoms. The van der Waals surface area contributed by atoms with Crippen LogP contribution in [0.1, 0.15) is 46.5 Å². The summed E-state index contributed by atoms with van der Waals surface area (Å²) in [5.74, 6) is 0. The minimum absolute atomic E-state index is 0.880. The topological polar surface area (TPSA) is 12.0 Å². The number of hydrogen-bond acceptors (Lipinski definition) is 1. The Balaban J connectivity index is 0.000000236. The smallest absolute Gasteiger partial charge is 0.00669 e. The Morgan fingerprint density at radius 1 is 1.20 bits per heavy atom. The maximum absolute atomic E-state index is 3.38. The fraction of sp³-hybridized carbons (Fsp3) is 1.00. The Morgan fingerprint density at radius 3 is 1.80 bits per heavy atom. The van der Waals surface area contributed by atoms with E-state index in [1.807, 2.05) is 0 Å². The monoisotopic (exact) mass is 143 g/mol. The van der Waals surface area contributed by atoms with Gasteiger partial charge in [-0.05, 0) is 19.4 Å². The van der Waals surface area contributed by atoms with E-state index in [2.05, 4.69) is 26.1 Å². The van der Waals surface area contributed by atoms with Gasteiger partial charge in [0.1, 0.15) is 0 Å². The van der Waals surface area contributed by atoms with Crippen LogP contribution in [-0.4, -0.2) is 12.6 Å². The van der Waals surface area contributed by atoms with Gasteiger partial charge in [0.2, 0.25) is 0 Å². The highest BCUT2D eigenvalue weighted by atomic mass is 14.9. The lowest BCUT2D eigenvalue weighted by molar-refractivity contribution is 0.346. The van der Waals surface area contributed by atoms with E-state index in [9.17, 15) is 0 Å². The van der Waals surface area contributed by atoms with Crippen LogP contribution >= 0.6 is 0 Å². The summed E-state index contributed by atoms with van der Waals surface area (Å²) in [6, 6.07) is 0.880. The zero-order chi connectivity index (χ0) is 7.82. The minimum Gasteiger partial charge on any atom is -0.314 e. The van der Waals surface area contributed by atoms with E-state index < -0.39 is 0 Å². The average molecular weight is 143 g/mol. The van der Waals surface area contributed by atoms with E-state index in [-0.39, 0.29) is 0 Å². The van der Waals surface area contributed by atoms with Crippen molar-refractivity contribution in [1.82, 2.24) is 5.32 Å². The Morgan fingerprint density at radius 2 is 1.70 bits per heavy atom. The molecule has 0 heterocycles. The van der Waals surface area contributed by atoms with E-state index in [4.69, 9.17) is 0 Å². The molecule has 1 aliphatic rings. The molecule has 0 aromatic carbocycles. The summed E-state index contributed by atoms with van der Waals surface area (Å²) in [6.07, 6.45) is 5.51. The highest BCUT2D eigenvalue weighted by Crippen LogP contribution is 2.17. The lowest BCUT2D eigenvalue weighted by atomic mass is 9.93. The first-order chi connectivity index (χ1) is 4.85. The molecule has 1 N–H and O–H groups in total. The molecule has 0 atom stereocenters. The van der Waals surface area contributed by atoms with E-state index >= 15 is 0 Å². The molecule has 0 unspecified atom stereocenters. The van der Waals surface area contributed by atoms with Gasteiger partial charge in [0.15, 0.2) is 0 Å². The molecule has 1 fully saturated rings. The van der Waals surface area contributed by atoms with E-state index in [1.54, 1.807) is 0 Å². The quantitative estimate of drug-likeness (QED) is 0.626. The lowest BCUT2D eigenvalue weighted by Gasteiger charge is -2.25. The summed E-state index contributed by atoms with van der Waals surface area (Å²) in [5, 5.41) is 3.38. The third-order valence-electron chi connectivity index (χ3n) is 1.60. The maximum Gasteiger partial charge on any atom is 0.00669 e. The Labute approximate surface area is 65.2 Å². The number of nitrogens with one attached hydrogen (secondary N) is 1. The van der Waals surface area contributed by atoms with Gasteiger partial charge >= 0.3 is 0 Å². The maximum atomic E-state index is 3.38. The summed E-state index contributed by atoms with van der Waals surface area (Å²) in [7, 11) is 0. The van der Waals surface area contributed by atoms with Crippen LogP contribution in [0.4, 0.5) is 0 Å². The Hall–Kier alpha value is -0.0400. The standard InChI is InChI=1S/C6H13N.C3H8/c1-2-7-6-4-3-5-6;1-3-2/h6-7H,2-5H2,1H3;3H2,1-2H3. The molecule has 0 amide bonds. The Bertz CT molecular complexity index is 57.7. The SMILES string of the molecule is CCC.CCNC1CCC1. The van der Waals surface area contributed by atoms with Crippen molar-refractivity contribution in [1.29, 1.82) is 0 Å². The molecule has 0 radical (unpaired) electrons. The molecule has 1 heteroatoms. The highest BCUT2D eigenvalue weighted by molar-refractivity contribution is 4.74. The zero-order valence-corrected chi connectivity index (χ0v) is 7.61. The predicted octanol–water partition coefficient (Wildman–Crippen LogP) is 2.56. The van der Waals surface area contributed by atoms with Gasteiger partial charge in [-0.3, -0.25) is 0 Å². The van der Waals surface area contributed by atoms with Gasteiger partial charge in [-0.15, -0.1) is 0 Å². The van der Waals surface area contributed by atoms with Gasteiger partial charge in [-0.25, -0.2) is 0 Å². The molecule has 1 aliphatic carbocycles. The first-order valence-electron chi connectivity index (χ1n) is 4.58. The van der Waals surface area contributed by atoms with Crippen molar-refractivity contribution in [2.45, 2.75) is 52.5 Å². The minimum atomic E-state index is 0.880. The van der Waals surface area contributed by atoms with Gasteiger partial charge in [-0.1, -0.05) is 33.6 Å². The van der Waals surface area contributed by atoms with Crippen LogP contribution in [0.3, 0.4) is 0 Å². The molecule has 1 saturated carbocycles. The van der Waals surface area contributed by atoms with Crippen LogP contribution in [0.25, 0.3) is 0 Å². The van der Waals surface area contributed by atoms with Crippen LogP contribution < -0.4 is 5.32 Å². The van der Waals surface area contributed by atoms with E-state index in [0.29, 0.717) is 0 Å². The molecule has 0 spiro atoms. The fourth-order valence-electron chi connectivity index (χ4n) is 0.901. The summed E-state index contributed by atoms with van der Waals surface area (Å²) in [6.45, 7) is 7.56. The lowest BCUT2D eigenvalue weighted by Crippen LogP contribution is -2.34. The third-order valence-corrected chi connectivity index (χ3v) is 1.60. The van der Waals surface area contributed by atoms with Crippen molar-refractivity contribution in [2.75, 3.05) is 6.54 Å². The van der Waals surface area contributed by atoms with E-state index in [0.717, 1.165) is 12.6 Å². The molecule has 1 rings (SSSR count). The van der Waals surface area contributed by atoms with Crippen LogP contribution in [0, 0.1) is 0 Å². The summed E-state index contributed by atoms with van der Waals surface area (Å²) >= 11 is 0. The normalized spacial score (nSPS) is 17.1. The second kappa shape index (κ2) is 7.07. The largest absolute Gasteiger partial charge is 0.314 e. The highest BCUT2D eigenvalue weighted by Gasteiger charge is 2.14. The molecular weight excluding hydrogens is 122 g/mol. The molecular formula is C9H21N. The second-order valence-electron chi connectivity index (χ2n) is 2.89. The van der Waals surface area contributed by atoms with Crippen LogP contribution in [0.5, 0.6) is 0 Å². The van der Waals surface area contributed by atoms with Gasteiger partial charge in [0.05, 0.1) is 0 Å². The molecule has 1 nitrogen and oxygen atoms in total. The van der Waals surface area contributed by atoms with Crippen LogP contribution in [-0.2, 0) is 0 Å². The molecule has 0 aromatic heterocycles. The molecule has 0 aromatic rings. The van der Waals surface area contributed by atoms with Crippen molar-refractivity contribution >= 4 is 0 Å². The predicted molar refractivity (Wildman–Crippen MR) is 47.3 cm³/mol. The van der Waals surface area contributed by atoms with Gasteiger partial charge < -0.3 is 5.32 Å². The number of rotatable bonds is 2. The third kappa shape index (κ3) is 4.80. The second-order valence-corrected chi connectivity index (χ2v) is 2.89. The van der Waals surface area contributed by atoms with Gasteiger partial charge in [0.25, 0.3) is 0 Å². The summed E-state index contributed by atoms with van der Waals surface area (Å²) in [4.78, 5) is 0.